The molecule has 12 aromatic rings. The van der Waals surface area contributed by atoms with Crippen molar-refractivity contribution < 1.29 is 38.1 Å². The minimum absolute atomic E-state index is 0.00618. The first-order chi connectivity index (χ1) is 56.5. The summed E-state index contributed by atoms with van der Waals surface area (Å²) >= 11 is 24.9. The van der Waals surface area contributed by atoms with E-state index < -0.39 is 0 Å². The Morgan fingerprint density at radius 2 is 0.655 bits per heavy atom. The molecule has 604 valence electrons. The molecule has 0 atom stereocenters. The molecule has 20 heteroatoms. The number of carbonyl (C=O) groups is 4. The van der Waals surface area contributed by atoms with Gasteiger partial charge in [-0.1, -0.05) is 174 Å². The van der Waals surface area contributed by atoms with Gasteiger partial charge in [0, 0.05) is 108 Å². The fourth-order valence-corrected chi connectivity index (χ4v) is 20.8. The normalized spacial score (nSPS) is 17.3. The van der Waals surface area contributed by atoms with E-state index in [0.29, 0.717) is 92.8 Å². The number of hydrogen-bond donors (Lipinski definition) is 3. The summed E-state index contributed by atoms with van der Waals surface area (Å²) in [6, 6.07) is 70.4. The zero-order valence-electron chi connectivity index (χ0n) is 67.3. The Kier molecular flexibility index (Phi) is 29.5. The van der Waals surface area contributed by atoms with Crippen LogP contribution in [-0.2, 0) is 19.6 Å². The molecular formula is C96H103Cl3N6O8S3. The average Bonchev–Trinajstić information content (AvgIpc) is 1.60. The van der Waals surface area contributed by atoms with Crippen LogP contribution in [-0.4, -0.2) is 123 Å². The highest BCUT2D eigenvalue weighted by atomic mass is 35.5. The van der Waals surface area contributed by atoms with Crippen molar-refractivity contribution in [2.75, 3.05) is 48.1 Å². The van der Waals surface area contributed by atoms with Crippen LogP contribution >= 0.6 is 68.8 Å². The molecule has 0 unspecified atom stereocenters. The van der Waals surface area contributed by atoms with E-state index >= 15 is 0 Å². The van der Waals surface area contributed by atoms with Crippen molar-refractivity contribution in [3.05, 3.63) is 258 Å². The van der Waals surface area contributed by atoms with E-state index in [9.17, 15) is 19.2 Å². The van der Waals surface area contributed by atoms with Gasteiger partial charge in [0.25, 0.3) is 17.7 Å². The molecule has 0 spiro atoms. The van der Waals surface area contributed by atoms with E-state index in [0.717, 1.165) is 180 Å². The van der Waals surface area contributed by atoms with Crippen molar-refractivity contribution in [3.8, 4) is 56.4 Å². The van der Waals surface area contributed by atoms with Gasteiger partial charge in [0.2, 0.25) is 0 Å². The van der Waals surface area contributed by atoms with Gasteiger partial charge < -0.3 is 49.6 Å². The third kappa shape index (κ3) is 20.0. The summed E-state index contributed by atoms with van der Waals surface area (Å²) in [7, 11) is 7.72. The van der Waals surface area contributed by atoms with Crippen molar-refractivity contribution in [1.29, 1.82) is 0 Å². The summed E-state index contributed by atoms with van der Waals surface area (Å²) in [6.45, 7) is 10.5. The maximum Gasteiger partial charge on any atom is 0.266 e. The number of amides is 3. The molecule has 3 heterocycles. The molecule has 3 aliphatic rings. The van der Waals surface area contributed by atoms with Crippen molar-refractivity contribution in [3.63, 3.8) is 0 Å². The SMILES string of the molecule is CCOc1ccc(-c2ccc(C(C)=O)cc2)cc1CN(C(=O)c1sc2ccccc2c1Cl)C1CCC(NC)CC1.CCOc1ccc(-c2ccc(OC)cc2)cc1CN(C(=O)c1sc2ccccc2c1Cl)C1CCC(NC)CC1.CCOc1ccc(-c2ccccc2)cc1CN(C(=O)c1sc2ccccc2c1Cl)C1CCC(NC)CC1. The number of rotatable bonds is 26. The van der Waals surface area contributed by atoms with Gasteiger partial charge in [0.1, 0.15) is 37.6 Å². The lowest BCUT2D eigenvalue weighted by atomic mass is 9.89. The molecule has 3 amide bonds. The lowest BCUT2D eigenvalue weighted by molar-refractivity contribution is 0.0597. The lowest BCUT2D eigenvalue weighted by Crippen LogP contribution is -2.44. The molecule has 0 aliphatic heterocycles. The van der Waals surface area contributed by atoms with E-state index in [-0.39, 0.29) is 41.6 Å². The molecule has 3 aliphatic carbocycles. The number of carbonyl (C=O) groups excluding carboxylic acids is 4. The van der Waals surface area contributed by atoms with Crippen molar-refractivity contribution in [2.24, 2.45) is 0 Å². The minimum atomic E-state index is -0.0298. The number of Topliss-reactive ketones (excluding diaryl/α,β-unsaturated/α-hetero) is 1. The first kappa shape index (κ1) is 84.8. The Morgan fingerprint density at radius 1 is 0.371 bits per heavy atom. The van der Waals surface area contributed by atoms with E-state index in [1.54, 1.807) is 14.0 Å². The van der Waals surface area contributed by atoms with Gasteiger partial charge in [-0.15, -0.1) is 34.0 Å². The fraction of sp³-hybridized carbons (Fsp3) is 0.333. The van der Waals surface area contributed by atoms with E-state index in [2.05, 4.69) is 75.4 Å². The van der Waals surface area contributed by atoms with Gasteiger partial charge in [0.15, 0.2) is 5.78 Å². The first-order valence-electron chi connectivity index (χ1n) is 40.5. The number of benzene rings is 9. The Balaban J connectivity index is 0.000000151. The smallest absolute Gasteiger partial charge is 0.266 e. The first-order valence-corrected chi connectivity index (χ1v) is 44.1. The monoisotopic (exact) mass is 1670 g/mol. The summed E-state index contributed by atoms with van der Waals surface area (Å²) < 4.78 is 26.5. The molecule has 0 bridgehead atoms. The van der Waals surface area contributed by atoms with Crippen LogP contribution in [0.2, 0.25) is 15.1 Å². The van der Waals surface area contributed by atoms with Crippen LogP contribution in [0.3, 0.4) is 0 Å². The maximum absolute atomic E-state index is 14.3. The minimum Gasteiger partial charge on any atom is -0.497 e. The molecule has 3 saturated carbocycles. The molecule has 15 rings (SSSR count). The molecular weight excluding hydrogens is 1570 g/mol. The fourth-order valence-electron chi connectivity index (χ4n) is 16.4. The molecule has 116 heavy (non-hydrogen) atoms. The second-order valence-electron chi connectivity index (χ2n) is 29.9. The van der Waals surface area contributed by atoms with Crippen molar-refractivity contribution in [1.82, 2.24) is 30.7 Å². The Labute approximate surface area is 709 Å². The van der Waals surface area contributed by atoms with Gasteiger partial charge in [-0.25, -0.2) is 0 Å². The molecule has 14 nitrogen and oxygen atoms in total. The van der Waals surface area contributed by atoms with Gasteiger partial charge in [-0.05, 0) is 226 Å². The van der Waals surface area contributed by atoms with Crippen LogP contribution in [0.4, 0.5) is 0 Å². The van der Waals surface area contributed by atoms with Crippen molar-refractivity contribution >= 4 is 123 Å². The number of halogens is 3. The predicted octanol–water partition coefficient (Wildman–Crippen LogP) is 23.6. The van der Waals surface area contributed by atoms with Crippen LogP contribution in [0.15, 0.2) is 206 Å². The summed E-state index contributed by atoms with van der Waals surface area (Å²) in [5.41, 5.74) is 10.1. The number of thiophene rings is 3. The largest absolute Gasteiger partial charge is 0.497 e. The van der Waals surface area contributed by atoms with E-state index in [4.69, 9.17) is 53.8 Å². The number of nitrogens with one attached hydrogen (secondary N) is 3. The van der Waals surface area contributed by atoms with Gasteiger partial charge in [0.05, 0.1) is 42.0 Å². The summed E-state index contributed by atoms with van der Waals surface area (Å²) in [4.78, 5) is 62.5. The van der Waals surface area contributed by atoms with Crippen LogP contribution in [0.1, 0.15) is 161 Å². The highest BCUT2D eigenvalue weighted by molar-refractivity contribution is 7.22. The third-order valence-corrected chi connectivity index (χ3v) is 27.9. The summed E-state index contributed by atoms with van der Waals surface area (Å²) in [5.74, 6) is 3.23. The van der Waals surface area contributed by atoms with Crippen LogP contribution in [0.25, 0.3) is 63.6 Å². The topological polar surface area (TPSA) is 151 Å². The van der Waals surface area contributed by atoms with E-state index in [1.165, 1.54) is 34.0 Å². The number of ether oxygens (including phenoxy) is 4. The summed E-state index contributed by atoms with van der Waals surface area (Å²) in [5, 5.41) is 14.6. The van der Waals surface area contributed by atoms with Gasteiger partial charge >= 0.3 is 0 Å². The number of ketones is 1. The summed E-state index contributed by atoms with van der Waals surface area (Å²) in [6.07, 6.45) is 11.9. The Hall–Kier alpha value is -9.11. The average molecular weight is 1670 g/mol. The second-order valence-corrected chi connectivity index (χ2v) is 34.2. The maximum atomic E-state index is 14.3. The van der Waals surface area contributed by atoms with Gasteiger partial charge in [-0.3, -0.25) is 19.2 Å². The quantitative estimate of drug-likeness (QED) is 0.0445. The molecule has 3 aromatic heterocycles. The Morgan fingerprint density at radius 3 is 0.940 bits per heavy atom. The molecule has 0 radical (unpaired) electrons. The number of fused-ring (bicyclic) bond motifs is 3. The zero-order chi connectivity index (χ0) is 81.4. The van der Waals surface area contributed by atoms with Crippen LogP contribution < -0.4 is 34.9 Å². The molecule has 3 N–H and O–H groups in total. The lowest BCUT2D eigenvalue weighted by Gasteiger charge is -2.37. The van der Waals surface area contributed by atoms with Crippen LogP contribution in [0, 0.1) is 0 Å². The highest BCUT2D eigenvalue weighted by Crippen LogP contribution is 2.44. The van der Waals surface area contributed by atoms with Gasteiger partial charge in [-0.2, -0.15) is 0 Å². The standard InChI is InChI=1S/C33H35ClN2O3S.C32H35ClN2O3S.C31H33ClN2O2S/c1-4-39-29-18-13-24(23-11-9-22(10-12-23)21(2)37)19-25(29)20-36(27-16-14-26(35-3)15-17-27)33(38)32-31(34)28-7-5-6-8-30(28)40-32;1-4-38-28-18-11-22(21-9-16-26(37-3)17-10-21)19-23(28)20-35(25-14-12-24(34-2)13-15-25)32(36)31-30(33)27-7-5-6-8-29(27)39-31;1-3-36-27-18-13-22(21-9-5-4-6-10-21)19-23(27)20-34(25-16-14-24(33-2)15-17-25)31(35)30-29(32)26-11-7-8-12-28(26)37-30/h5-13,18-19,26-27,35H,4,14-17,20H2,1-3H3;5-11,16-19,24-25,34H,4,12-15,20H2,1-3H3;4-13,18-19,24-25,33H,3,14-17,20H2,1-2H3. The third-order valence-electron chi connectivity index (χ3n) is 22.9. The van der Waals surface area contributed by atoms with Crippen LogP contribution in [0.5, 0.6) is 23.0 Å². The number of nitrogens with zero attached hydrogens (tertiary/aromatic N) is 3. The predicted molar refractivity (Wildman–Crippen MR) is 481 cm³/mol. The molecule has 3 fully saturated rings. The number of hydrogen-bond acceptors (Lipinski definition) is 14. The Bertz CT molecular complexity index is 5340. The molecule has 0 saturated heterocycles. The highest BCUT2D eigenvalue weighted by Gasteiger charge is 2.36. The second kappa shape index (κ2) is 40.4. The van der Waals surface area contributed by atoms with Crippen molar-refractivity contribution in [2.45, 2.75) is 161 Å². The number of methoxy groups -OCH3 is 1. The zero-order valence-corrected chi connectivity index (χ0v) is 72.0. The molecule has 9 aromatic carbocycles. The van der Waals surface area contributed by atoms with E-state index in [1.807, 2.05) is 203 Å².